The Kier molecular flexibility index (Phi) is 5.39. The van der Waals surface area contributed by atoms with E-state index in [2.05, 4.69) is 27.8 Å². The minimum absolute atomic E-state index is 0.273. The van der Waals surface area contributed by atoms with Crippen LogP contribution in [0.2, 0.25) is 0 Å². The van der Waals surface area contributed by atoms with Crippen LogP contribution in [0.5, 0.6) is 0 Å². The molecular weight excluding hydrogens is 390 g/mol. The lowest BCUT2D eigenvalue weighted by Gasteiger charge is -2.18. The first-order chi connectivity index (χ1) is 14.1. The van der Waals surface area contributed by atoms with Crippen molar-refractivity contribution in [3.63, 3.8) is 0 Å². The average Bonchev–Trinajstić information content (AvgIpc) is 3.35. The molecule has 0 saturated heterocycles. The van der Waals surface area contributed by atoms with Crippen molar-refractivity contribution >= 4 is 28.2 Å². The summed E-state index contributed by atoms with van der Waals surface area (Å²) in [5.74, 6) is -0.0760. The Morgan fingerprint density at radius 3 is 2.79 bits per heavy atom. The molecule has 1 aliphatic carbocycles. The number of carbonyl (C=O) groups is 2. The van der Waals surface area contributed by atoms with Gasteiger partial charge in [0.05, 0.1) is 17.9 Å². The molecule has 0 spiro atoms. The number of aromatic nitrogens is 4. The number of fused-ring (bicyclic) bond motifs is 1. The van der Waals surface area contributed by atoms with Gasteiger partial charge in [-0.25, -0.2) is 9.48 Å². The van der Waals surface area contributed by atoms with E-state index in [0.29, 0.717) is 28.7 Å². The van der Waals surface area contributed by atoms with Gasteiger partial charge < -0.3 is 10.1 Å². The van der Waals surface area contributed by atoms with Crippen LogP contribution in [-0.2, 0) is 17.6 Å². The summed E-state index contributed by atoms with van der Waals surface area (Å²) >= 11 is 1.48. The van der Waals surface area contributed by atoms with Crippen molar-refractivity contribution in [2.24, 2.45) is 5.92 Å². The summed E-state index contributed by atoms with van der Waals surface area (Å²) in [5.41, 5.74) is 2.77. The van der Waals surface area contributed by atoms with Crippen molar-refractivity contribution in [2.75, 3.05) is 11.9 Å². The Morgan fingerprint density at radius 2 is 2.10 bits per heavy atom. The second kappa shape index (κ2) is 8.12. The van der Waals surface area contributed by atoms with E-state index >= 15 is 0 Å². The van der Waals surface area contributed by atoms with Gasteiger partial charge in [-0.3, -0.25) is 4.79 Å². The molecule has 1 N–H and O–H groups in total. The smallest absolute Gasteiger partial charge is 0.341 e. The number of thiophene rings is 1. The van der Waals surface area contributed by atoms with Gasteiger partial charge in [-0.15, -0.1) is 16.4 Å². The lowest BCUT2D eigenvalue weighted by Crippen LogP contribution is -2.16. The summed E-state index contributed by atoms with van der Waals surface area (Å²) in [7, 11) is 0. The zero-order valence-corrected chi connectivity index (χ0v) is 17.0. The molecule has 0 unspecified atom stereocenters. The predicted molar refractivity (Wildman–Crippen MR) is 109 cm³/mol. The highest BCUT2D eigenvalue weighted by molar-refractivity contribution is 7.17. The second-order valence-electron chi connectivity index (χ2n) is 7.03. The van der Waals surface area contributed by atoms with Crippen molar-refractivity contribution in [2.45, 2.75) is 33.1 Å². The summed E-state index contributed by atoms with van der Waals surface area (Å²) in [5, 5.41) is 14.5. The number of nitrogens with one attached hydrogen (secondary N) is 1. The fraction of sp³-hybridized carbons (Fsp3) is 0.350. The normalized spacial score (nSPS) is 15.6. The molecule has 0 bridgehead atoms. The molecule has 4 rings (SSSR count). The first-order valence-corrected chi connectivity index (χ1v) is 10.3. The highest BCUT2D eigenvalue weighted by Gasteiger charge is 2.29. The number of rotatable bonds is 5. The van der Waals surface area contributed by atoms with Crippen LogP contribution in [0.3, 0.4) is 0 Å². The van der Waals surface area contributed by atoms with Crippen LogP contribution in [-0.4, -0.2) is 38.7 Å². The lowest BCUT2D eigenvalue weighted by molar-refractivity contribution is 0.0526. The van der Waals surface area contributed by atoms with E-state index in [1.165, 1.54) is 22.3 Å². The summed E-state index contributed by atoms with van der Waals surface area (Å²) in [6, 6.07) is 6.93. The summed E-state index contributed by atoms with van der Waals surface area (Å²) in [4.78, 5) is 26.6. The Bertz CT molecular complexity index is 1030. The van der Waals surface area contributed by atoms with Crippen LogP contribution in [0.4, 0.5) is 5.00 Å². The Hall–Kier alpha value is -3.07. The number of ether oxygens (including phenoxy) is 1. The van der Waals surface area contributed by atoms with Crippen molar-refractivity contribution in [3.8, 4) is 5.69 Å². The van der Waals surface area contributed by atoms with E-state index in [4.69, 9.17) is 4.74 Å². The fourth-order valence-electron chi connectivity index (χ4n) is 3.48. The maximum absolute atomic E-state index is 12.8. The molecule has 3 aromatic rings. The van der Waals surface area contributed by atoms with Gasteiger partial charge in [-0.1, -0.05) is 6.92 Å². The minimum atomic E-state index is -0.371. The van der Waals surface area contributed by atoms with Crippen LogP contribution in [0.1, 0.15) is 51.4 Å². The molecule has 0 aliphatic heterocycles. The van der Waals surface area contributed by atoms with Crippen molar-refractivity contribution in [1.82, 2.24) is 20.2 Å². The number of carbonyl (C=O) groups excluding carboxylic acids is 2. The third kappa shape index (κ3) is 3.91. The Morgan fingerprint density at radius 1 is 1.31 bits per heavy atom. The van der Waals surface area contributed by atoms with Gasteiger partial charge in [0.2, 0.25) is 0 Å². The van der Waals surface area contributed by atoms with Crippen LogP contribution >= 0.6 is 11.3 Å². The molecule has 9 heteroatoms. The number of esters is 1. The molecule has 0 radical (unpaired) electrons. The molecule has 29 heavy (non-hydrogen) atoms. The summed E-state index contributed by atoms with van der Waals surface area (Å²) in [6.07, 6.45) is 4.26. The summed E-state index contributed by atoms with van der Waals surface area (Å²) in [6.45, 7) is 4.28. The standard InChI is InChI=1S/C20H21N5O3S/c1-3-28-20(27)17-15-9-4-12(2)10-16(15)29-19(17)22-18(26)13-5-7-14(8-6-13)25-11-21-23-24-25/h5-8,11-12H,3-4,9-10H2,1-2H3,(H,22,26)/t12-/m1/s1. The highest BCUT2D eigenvalue weighted by Crippen LogP contribution is 2.40. The van der Waals surface area contributed by atoms with Crippen molar-refractivity contribution in [1.29, 1.82) is 0 Å². The second-order valence-corrected chi connectivity index (χ2v) is 8.14. The highest BCUT2D eigenvalue weighted by atomic mass is 32.1. The molecule has 0 saturated carbocycles. The number of hydrogen-bond donors (Lipinski definition) is 1. The number of anilines is 1. The van der Waals surface area contributed by atoms with E-state index in [-0.39, 0.29) is 11.9 Å². The molecule has 1 atom stereocenters. The van der Waals surface area contributed by atoms with Gasteiger partial charge in [0, 0.05) is 10.4 Å². The van der Waals surface area contributed by atoms with Crippen molar-refractivity contribution < 1.29 is 14.3 Å². The van der Waals surface area contributed by atoms with Gasteiger partial charge in [-0.2, -0.15) is 0 Å². The molecule has 2 aromatic heterocycles. The molecule has 8 nitrogen and oxygen atoms in total. The number of nitrogens with zero attached hydrogens (tertiary/aromatic N) is 4. The van der Waals surface area contributed by atoms with Crippen LogP contribution < -0.4 is 5.32 Å². The van der Waals surface area contributed by atoms with Crippen LogP contribution in [0, 0.1) is 5.92 Å². The SMILES string of the molecule is CCOC(=O)c1c(NC(=O)c2ccc(-n3cnnn3)cc2)sc2c1CC[C@@H](C)C2. The molecule has 1 aromatic carbocycles. The predicted octanol–water partition coefficient (Wildman–Crippen LogP) is 3.28. The van der Waals surface area contributed by atoms with Crippen LogP contribution in [0.25, 0.3) is 5.69 Å². The van der Waals surface area contributed by atoms with E-state index in [0.717, 1.165) is 35.4 Å². The van der Waals surface area contributed by atoms with Gasteiger partial charge in [0.15, 0.2) is 0 Å². The third-order valence-electron chi connectivity index (χ3n) is 4.96. The third-order valence-corrected chi connectivity index (χ3v) is 6.13. The number of hydrogen-bond acceptors (Lipinski definition) is 7. The topological polar surface area (TPSA) is 99.0 Å². The monoisotopic (exact) mass is 411 g/mol. The number of amides is 1. The van der Waals surface area contributed by atoms with Crippen molar-refractivity contribution in [3.05, 3.63) is 52.2 Å². The van der Waals surface area contributed by atoms with Gasteiger partial charge in [0.1, 0.15) is 11.3 Å². The molecule has 0 fully saturated rings. The molecular formula is C20H21N5O3S. The largest absolute Gasteiger partial charge is 0.462 e. The van der Waals surface area contributed by atoms with E-state index in [1.54, 1.807) is 31.2 Å². The van der Waals surface area contributed by atoms with Crippen LogP contribution in [0.15, 0.2) is 30.6 Å². The molecule has 2 heterocycles. The maximum Gasteiger partial charge on any atom is 0.341 e. The average molecular weight is 411 g/mol. The van der Waals surface area contributed by atoms with Gasteiger partial charge in [-0.05, 0) is 72.4 Å². The number of tetrazole rings is 1. The lowest BCUT2D eigenvalue weighted by atomic mass is 9.88. The van der Waals surface area contributed by atoms with E-state index in [9.17, 15) is 9.59 Å². The Balaban J connectivity index is 1.60. The van der Waals surface area contributed by atoms with E-state index < -0.39 is 0 Å². The van der Waals surface area contributed by atoms with Gasteiger partial charge >= 0.3 is 5.97 Å². The first kappa shape index (κ1) is 19.3. The summed E-state index contributed by atoms with van der Waals surface area (Å²) < 4.78 is 6.77. The zero-order chi connectivity index (χ0) is 20.4. The zero-order valence-electron chi connectivity index (χ0n) is 16.2. The maximum atomic E-state index is 12.8. The fourth-order valence-corrected chi connectivity index (χ4v) is 4.87. The minimum Gasteiger partial charge on any atom is -0.462 e. The number of benzene rings is 1. The first-order valence-electron chi connectivity index (χ1n) is 9.53. The molecule has 150 valence electrons. The van der Waals surface area contributed by atoms with E-state index in [1.807, 2.05) is 0 Å². The van der Waals surface area contributed by atoms with Gasteiger partial charge in [0.25, 0.3) is 5.91 Å². The molecule has 1 aliphatic rings. The quantitative estimate of drug-likeness (QED) is 0.647. The Labute approximate surface area is 171 Å². The molecule has 1 amide bonds.